The van der Waals surface area contributed by atoms with Crippen LogP contribution in [-0.4, -0.2) is 46.6 Å². The average molecular weight is 529 g/mol. The fourth-order valence-electron chi connectivity index (χ4n) is 4.96. The van der Waals surface area contributed by atoms with Crippen LogP contribution >= 0.6 is 11.3 Å². The smallest absolute Gasteiger partial charge is 0.407 e. The summed E-state index contributed by atoms with van der Waals surface area (Å²) in [6.45, 7) is 4.46. The van der Waals surface area contributed by atoms with Gasteiger partial charge in [-0.25, -0.2) is 9.78 Å². The van der Waals surface area contributed by atoms with Gasteiger partial charge in [-0.15, -0.1) is 11.3 Å². The number of aromatic amines is 1. The molecule has 7 nitrogen and oxygen atoms in total. The van der Waals surface area contributed by atoms with Crippen molar-refractivity contribution in [3.8, 4) is 32.8 Å². The summed E-state index contributed by atoms with van der Waals surface area (Å²) in [5, 5.41) is 4.79. The van der Waals surface area contributed by atoms with E-state index in [-0.39, 0.29) is 17.9 Å². The SMILES string of the molecule is COC(=O)N[C@@H](C(=O)N1CCC[C@H]1c1ncc(-c2ccc(-c3ccc(-c4cccs4)cc3)cc2)[nH]1)C(C)C. The third-order valence-electron chi connectivity index (χ3n) is 7.06. The molecule has 0 aliphatic carbocycles. The van der Waals surface area contributed by atoms with Gasteiger partial charge in [0, 0.05) is 11.4 Å². The number of hydrogen-bond acceptors (Lipinski definition) is 5. The van der Waals surface area contributed by atoms with Crippen LogP contribution < -0.4 is 5.32 Å². The highest BCUT2D eigenvalue weighted by atomic mass is 32.1. The summed E-state index contributed by atoms with van der Waals surface area (Å²) < 4.78 is 4.73. The molecule has 4 aromatic rings. The van der Waals surface area contributed by atoms with Crippen LogP contribution in [-0.2, 0) is 9.53 Å². The largest absolute Gasteiger partial charge is 0.453 e. The molecule has 2 N–H and O–H groups in total. The first-order chi connectivity index (χ1) is 18.4. The molecule has 0 radical (unpaired) electrons. The Balaban J connectivity index is 1.30. The van der Waals surface area contributed by atoms with Gasteiger partial charge < -0.3 is 19.9 Å². The molecule has 1 aliphatic rings. The van der Waals surface area contributed by atoms with E-state index in [1.54, 1.807) is 11.3 Å². The van der Waals surface area contributed by atoms with Gasteiger partial charge in [-0.3, -0.25) is 4.79 Å². The van der Waals surface area contributed by atoms with E-state index in [0.717, 1.165) is 35.5 Å². The zero-order valence-electron chi connectivity index (χ0n) is 21.8. The van der Waals surface area contributed by atoms with Crippen LogP contribution in [0, 0.1) is 5.92 Å². The second kappa shape index (κ2) is 11.2. The minimum Gasteiger partial charge on any atom is -0.453 e. The van der Waals surface area contributed by atoms with Crippen molar-refractivity contribution in [3.63, 3.8) is 0 Å². The topological polar surface area (TPSA) is 87.3 Å². The highest BCUT2D eigenvalue weighted by molar-refractivity contribution is 7.13. The Labute approximate surface area is 226 Å². The number of ether oxygens (including phenoxy) is 1. The molecule has 196 valence electrons. The van der Waals surface area contributed by atoms with E-state index >= 15 is 0 Å². The summed E-state index contributed by atoms with van der Waals surface area (Å²) in [6.07, 6.45) is 2.93. The third-order valence-corrected chi connectivity index (χ3v) is 7.98. The number of aromatic nitrogens is 2. The quantitative estimate of drug-likeness (QED) is 0.286. The van der Waals surface area contributed by atoms with Crippen LogP contribution in [0.25, 0.3) is 32.8 Å². The van der Waals surface area contributed by atoms with Crippen molar-refractivity contribution in [3.05, 3.63) is 78.1 Å². The highest BCUT2D eigenvalue weighted by Crippen LogP contribution is 2.33. The number of rotatable bonds is 7. The fraction of sp³-hybridized carbons (Fsp3) is 0.300. The van der Waals surface area contributed by atoms with Gasteiger partial charge in [0.2, 0.25) is 5.91 Å². The molecular weight excluding hydrogens is 496 g/mol. The van der Waals surface area contributed by atoms with Crippen molar-refractivity contribution in [2.75, 3.05) is 13.7 Å². The van der Waals surface area contributed by atoms with Crippen molar-refractivity contribution in [1.82, 2.24) is 20.2 Å². The third kappa shape index (κ3) is 5.36. The van der Waals surface area contributed by atoms with E-state index in [1.165, 1.54) is 23.1 Å². The second-order valence-corrected chi connectivity index (χ2v) is 10.8. The number of nitrogens with one attached hydrogen (secondary N) is 2. The number of carbonyl (C=O) groups excluding carboxylic acids is 2. The molecule has 1 saturated heterocycles. The number of benzene rings is 2. The van der Waals surface area contributed by atoms with Gasteiger partial charge in [0.25, 0.3) is 0 Å². The predicted octanol–water partition coefficient (Wildman–Crippen LogP) is 6.52. The molecule has 3 heterocycles. The lowest BCUT2D eigenvalue weighted by molar-refractivity contribution is -0.135. The molecule has 0 unspecified atom stereocenters. The molecule has 5 rings (SSSR count). The van der Waals surface area contributed by atoms with Gasteiger partial charge in [0.1, 0.15) is 11.9 Å². The van der Waals surface area contributed by atoms with Crippen molar-refractivity contribution in [2.45, 2.75) is 38.8 Å². The van der Waals surface area contributed by atoms with Crippen molar-refractivity contribution in [2.24, 2.45) is 5.92 Å². The van der Waals surface area contributed by atoms with Gasteiger partial charge in [0.05, 0.1) is 25.0 Å². The lowest BCUT2D eigenvalue weighted by atomic mass is 10.0. The molecule has 0 spiro atoms. The normalized spacial score (nSPS) is 16.0. The molecular formula is C30H32N4O3S. The molecule has 2 atom stereocenters. The van der Waals surface area contributed by atoms with Crippen molar-refractivity contribution in [1.29, 1.82) is 0 Å². The number of imidazole rings is 1. The van der Waals surface area contributed by atoms with E-state index in [1.807, 2.05) is 24.9 Å². The van der Waals surface area contributed by atoms with E-state index in [2.05, 4.69) is 81.3 Å². The van der Waals surface area contributed by atoms with Crippen LogP contribution in [0.1, 0.15) is 38.6 Å². The number of alkyl carbamates (subject to hydrolysis) is 1. The minimum absolute atomic E-state index is 0.0691. The summed E-state index contributed by atoms with van der Waals surface area (Å²) >= 11 is 1.74. The number of amides is 2. The van der Waals surface area contributed by atoms with Gasteiger partial charge in [0.15, 0.2) is 0 Å². The number of thiophene rings is 1. The highest BCUT2D eigenvalue weighted by Gasteiger charge is 2.37. The van der Waals surface area contributed by atoms with Crippen LogP contribution in [0.15, 0.2) is 72.2 Å². The molecule has 2 aromatic heterocycles. The maximum absolute atomic E-state index is 13.4. The molecule has 1 aliphatic heterocycles. The van der Waals surface area contributed by atoms with Crippen LogP contribution in [0.4, 0.5) is 4.79 Å². The summed E-state index contributed by atoms with van der Waals surface area (Å²) in [5.74, 6) is 0.584. The number of likely N-dealkylation sites (tertiary alicyclic amines) is 1. The first-order valence-corrected chi connectivity index (χ1v) is 13.8. The van der Waals surface area contributed by atoms with E-state index in [9.17, 15) is 9.59 Å². The maximum Gasteiger partial charge on any atom is 0.407 e. The van der Waals surface area contributed by atoms with E-state index < -0.39 is 12.1 Å². The zero-order chi connectivity index (χ0) is 26.6. The Kier molecular flexibility index (Phi) is 7.60. The number of hydrogen-bond donors (Lipinski definition) is 2. The van der Waals surface area contributed by atoms with Crippen LogP contribution in [0.5, 0.6) is 0 Å². The average Bonchev–Trinajstić information content (AvgIpc) is 3.73. The Morgan fingerprint density at radius 2 is 1.68 bits per heavy atom. The summed E-state index contributed by atoms with van der Waals surface area (Å²) in [7, 11) is 1.30. The van der Waals surface area contributed by atoms with Crippen LogP contribution in [0.2, 0.25) is 0 Å². The lowest BCUT2D eigenvalue weighted by Crippen LogP contribution is -2.51. The van der Waals surface area contributed by atoms with E-state index in [4.69, 9.17) is 4.74 Å². The molecule has 38 heavy (non-hydrogen) atoms. The van der Waals surface area contributed by atoms with Gasteiger partial charge >= 0.3 is 6.09 Å². The first-order valence-electron chi connectivity index (χ1n) is 12.9. The Hall–Kier alpha value is -3.91. The van der Waals surface area contributed by atoms with Crippen LogP contribution in [0.3, 0.4) is 0 Å². The Morgan fingerprint density at radius 1 is 1.03 bits per heavy atom. The van der Waals surface area contributed by atoms with E-state index in [0.29, 0.717) is 6.54 Å². The monoisotopic (exact) mass is 528 g/mol. The predicted molar refractivity (Wildman–Crippen MR) is 151 cm³/mol. The number of H-pyrrole nitrogens is 1. The standard InChI is InChI=1S/C30H32N4O3S/c1-19(2)27(33-30(36)37-3)29(35)34-16-4-6-25(34)28-31-18-24(32-28)22-12-8-20(9-13-22)21-10-14-23(15-11-21)26-7-5-17-38-26/h5,7-15,17-19,25,27H,4,6,16H2,1-3H3,(H,31,32)(H,33,36)/t25-,27+/m0/s1. The molecule has 0 saturated carbocycles. The fourth-order valence-corrected chi connectivity index (χ4v) is 5.69. The van der Waals surface area contributed by atoms with Crippen molar-refractivity contribution >= 4 is 23.3 Å². The number of nitrogens with zero attached hydrogens (tertiary/aromatic N) is 2. The second-order valence-electron chi connectivity index (χ2n) is 9.86. The number of methoxy groups -OCH3 is 1. The summed E-state index contributed by atoms with van der Waals surface area (Å²) in [4.78, 5) is 36.4. The Bertz CT molecular complexity index is 1380. The summed E-state index contributed by atoms with van der Waals surface area (Å²) in [5.41, 5.74) is 5.49. The molecule has 1 fully saturated rings. The zero-order valence-corrected chi connectivity index (χ0v) is 22.6. The maximum atomic E-state index is 13.4. The van der Waals surface area contributed by atoms with Crippen molar-refractivity contribution < 1.29 is 14.3 Å². The molecule has 2 aromatic carbocycles. The van der Waals surface area contributed by atoms with Gasteiger partial charge in [-0.2, -0.15) is 0 Å². The lowest BCUT2D eigenvalue weighted by Gasteiger charge is -2.30. The Morgan fingerprint density at radius 3 is 2.29 bits per heavy atom. The minimum atomic E-state index is -0.649. The van der Waals surface area contributed by atoms with Gasteiger partial charge in [-0.1, -0.05) is 68.4 Å². The number of carbonyl (C=O) groups is 2. The molecule has 0 bridgehead atoms. The molecule has 8 heteroatoms. The molecule has 2 amide bonds. The first kappa shape index (κ1) is 25.7. The van der Waals surface area contributed by atoms with Gasteiger partial charge in [-0.05, 0) is 52.5 Å². The summed E-state index contributed by atoms with van der Waals surface area (Å²) in [6, 6.07) is 20.5.